The summed E-state index contributed by atoms with van der Waals surface area (Å²) >= 11 is 0. The van der Waals surface area contributed by atoms with Crippen molar-refractivity contribution in [2.24, 2.45) is 20.0 Å². The first kappa shape index (κ1) is 17.1. The fourth-order valence-electron chi connectivity index (χ4n) is 3.88. The van der Waals surface area contributed by atoms with Crippen molar-refractivity contribution < 1.29 is 9.53 Å². The molecule has 4 rings (SSSR count). The van der Waals surface area contributed by atoms with E-state index in [1.807, 2.05) is 46.5 Å². The maximum atomic E-state index is 12.7. The van der Waals surface area contributed by atoms with Crippen LogP contribution in [0.5, 0.6) is 0 Å². The number of morpholine rings is 1. The van der Waals surface area contributed by atoms with Crippen molar-refractivity contribution in [3.05, 3.63) is 18.3 Å². The first-order valence-electron chi connectivity index (χ1n) is 9.27. The maximum absolute atomic E-state index is 12.7. The zero-order valence-electron chi connectivity index (χ0n) is 15.5. The molecule has 2 aliphatic heterocycles. The molecule has 0 aromatic carbocycles. The van der Waals surface area contributed by atoms with Gasteiger partial charge in [-0.25, -0.2) is 0 Å². The Balaban J connectivity index is 1.41. The Morgan fingerprint density at radius 3 is 2.50 bits per heavy atom. The van der Waals surface area contributed by atoms with Gasteiger partial charge in [0.1, 0.15) is 0 Å². The molecule has 2 saturated heterocycles. The van der Waals surface area contributed by atoms with Gasteiger partial charge < -0.3 is 19.1 Å². The number of nitrogens with zero attached hydrogens (tertiary/aromatic N) is 6. The molecule has 8 heteroatoms. The van der Waals surface area contributed by atoms with Crippen LogP contribution in [0, 0.1) is 5.92 Å². The highest BCUT2D eigenvalue weighted by atomic mass is 16.5. The Labute approximate surface area is 153 Å². The Morgan fingerprint density at radius 1 is 1.12 bits per heavy atom. The fraction of sp³-hybridized carbons (Fsp3) is 0.611. The number of piperidine rings is 1. The number of aryl methyl sites for hydroxylation is 1. The molecule has 1 amide bonds. The van der Waals surface area contributed by atoms with Gasteiger partial charge in [-0.05, 0) is 25.0 Å². The van der Waals surface area contributed by atoms with Crippen LogP contribution < -0.4 is 4.90 Å². The number of amides is 1. The van der Waals surface area contributed by atoms with E-state index >= 15 is 0 Å². The molecule has 2 aliphatic rings. The molecule has 0 spiro atoms. The summed E-state index contributed by atoms with van der Waals surface area (Å²) in [5.74, 6) is 2.14. The van der Waals surface area contributed by atoms with Crippen LogP contribution in [0.1, 0.15) is 12.8 Å². The lowest BCUT2D eigenvalue weighted by Crippen LogP contribution is -2.47. The van der Waals surface area contributed by atoms with Crippen LogP contribution in [0.4, 0.5) is 5.95 Å². The van der Waals surface area contributed by atoms with Crippen molar-refractivity contribution in [2.75, 3.05) is 44.3 Å². The first-order chi connectivity index (χ1) is 12.6. The van der Waals surface area contributed by atoms with Gasteiger partial charge in [-0.1, -0.05) is 0 Å². The van der Waals surface area contributed by atoms with Gasteiger partial charge in [0.05, 0.1) is 18.9 Å². The predicted molar refractivity (Wildman–Crippen MR) is 97.7 cm³/mol. The smallest absolute Gasteiger partial charge is 0.227 e. The third-order valence-corrected chi connectivity index (χ3v) is 5.47. The lowest BCUT2D eigenvalue weighted by atomic mass is 9.95. The average molecular weight is 358 g/mol. The number of hydrogen-bond donors (Lipinski definition) is 0. The molecule has 0 aliphatic carbocycles. The number of ether oxygens (including phenoxy) is 1. The van der Waals surface area contributed by atoms with Crippen LogP contribution in [0.25, 0.3) is 11.5 Å². The fourth-order valence-corrected chi connectivity index (χ4v) is 3.88. The highest BCUT2D eigenvalue weighted by Crippen LogP contribution is 2.26. The van der Waals surface area contributed by atoms with Crippen molar-refractivity contribution in [2.45, 2.75) is 12.8 Å². The van der Waals surface area contributed by atoms with Crippen LogP contribution in [0.3, 0.4) is 0 Å². The minimum atomic E-state index is 0.116. The van der Waals surface area contributed by atoms with E-state index in [2.05, 4.69) is 15.1 Å². The van der Waals surface area contributed by atoms with Crippen LogP contribution in [0.15, 0.2) is 18.3 Å². The van der Waals surface area contributed by atoms with Gasteiger partial charge in [0.25, 0.3) is 0 Å². The highest BCUT2D eigenvalue weighted by Gasteiger charge is 2.31. The number of hydrogen-bond acceptors (Lipinski definition) is 5. The van der Waals surface area contributed by atoms with E-state index in [4.69, 9.17) is 4.74 Å². The summed E-state index contributed by atoms with van der Waals surface area (Å²) in [6, 6.07) is 4.05. The molecule has 8 nitrogen and oxygen atoms in total. The second kappa shape index (κ2) is 7.11. The summed E-state index contributed by atoms with van der Waals surface area (Å²) in [5, 5.41) is 8.79. The molecule has 2 aromatic rings. The molecule has 2 fully saturated rings. The number of carbonyl (C=O) groups is 1. The van der Waals surface area contributed by atoms with E-state index in [0.717, 1.165) is 56.5 Å². The lowest BCUT2D eigenvalue weighted by molar-refractivity contribution is -0.140. The molecule has 4 heterocycles. The SMILES string of the molecule is Cn1cccc1-c1nnc(N2CCC(C(=O)N3CCOCC3)CC2)n1C. The number of anilines is 1. The third kappa shape index (κ3) is 3.09. The molecule has 26 heavy (non-hydrogen) atoms. The Hall–Kier alpha value is -2.35. The molecule has 2 aromatic heterocycles. The Morgan fingerprint density at radius 2 is 1.85 bits per heavy atom. The Bertz CT molecular complexity index is 768. The number of aromatic nitrogens is 4. The normalized spacial score (nSPS) is 19.2. The van der Waals surface area contributed by atoms with Gasteiger partial charge in [-0.15, -0.1) is 10.2 Å². The summed E-state index contributed by atoms with van der Waals surface area (Å²) in [6.45, 7) is 4.43. The van der Waals surface area contributed by atoms with Crippen molar-refractivity contribution in [3.63, 3.8) is 0 Å². The van der Waals surface area contributed by atoms with Gasteiger partial charge in [-0.3, -0.25) is 9.36 Å². The molecule has 0 saturated carbocycles. The van der Waals surface area contributed by atoms with E-state index < -0.39 is 0 Å². The highest BCUT2D eigenvalue weighted by molar-refractivity contribution is 5.79. The Kier molecular flexibility index (Phi) is 4.67. The van der Waals surface area contributed by atoms with Gasteiger partial charge in [0.15, 0.2) is 5.82 Å². The van der Waals surface area contributed by atoms with Crippen LogP contribution in [-0.2, 0) is 23.6 Å². The van der Waals surface area contributed by atoms with Gasteiger partial charge in [0.2, 0.25) is 11.9 Å². The summed E-state index contributed by atoms with van der Waals surface area (Å²) in [7, 11) is 4.01. The monoisotopic (exact) mass is 358 g/mol. The van der Waals surface area contributed by atoms with E-state index in [-0.39, 0.29) is 11.8 Å². The molecular formula is C18H26N6O2. The largest absolute Gasteiger partial charge is 0.378 e. The second-order valence-corrected chi connectivity index (χ2v) is 7.09. The quantitative estimate of drug-likeness (QED) is 0.815. The lowest BCUT2D eigenvalue weighted by Gasteiger charge is -2.35. The maximum Gasteiger partial charge on any atom is 0.227 e. The molecule has 0 radical (unpaired) electrons. The van der Waals surface area contributed by atoms with Gasteiger partial charge in [0, 0.05) is 52.4 Å². The minimum absolute atomic E-state index is 0.116. The van der Waals surface area contributed by atoms with E-state index in [0.29, 0.717) is 13.2 Å². The molecule has 0 N–H and O–H groups in total. The zero-order chi connectivity index (χ0) is 18.1. The number of rotatable bonds is 3. The molecule has 0 bridgehead atoms. The topological polar surface area (TPSA) is 68.4 Å². The van der Waals surface area contributed by atoms with E-state index in [9.17, 15) is 4.79 Å². The summed E-state index contributed by atoms with van der Waals surface area (Å²) in [4.78, 5) is 16.9. The first-order valence-corrected chi connectivity index (χ1v) is 9.27. The summed E-state index contributed by atoms with van der Waals surface area (Å²) in [6.07, 6.45) is 3.73. The summed E-state index contributed by atoms with van der Waals surface area (Å²) in [5.41, 5.74) is 1.05. The van der Waals surface area contributed by atoms with Crippen molar-refractivity contribution in [3.8, 4) is 11.5 Å². The van der Waals surface area contributed by atoms with Crippen molar-refractivity contribution in [1.82, 2.24) is 24.2 Å². The van der Waals surface area contributed by atoms with Gasteiger partial charge >= 0.3 is 0 Å². The van der Waals surface area contributed by atoms with Crippen molar-refractivity contribution in [1.29, 1.82) is 0 Å². The molecule has 140 valence electrons. The van der Waals surface area contributed by atoms with Crippen LogP contribution in [-0.4, -0.2) is 69.5 Å². The average Bonchev–Trinajstić information content (AvgIpc) is 3.27. The standard InChI is InChI=1S/C18H26N6O2/c1-21-7-3-4-15(21)16-19-20-18(22(16)2)24-8-5-14(6-9-24)17(25)23-10-12-26-13-11-23/h3-4,7,14H,5-6,8-13H2,1-2H3. The predicted octanol–water partition coefficient (Wildman–Crippen LogP) is 0.896. The zero-order valence-corrected chi connectivity index (χ0v) is 15.5. The molecule has 0 unspecified atom stereocenters. The summed E-state index contributed by atoms with van der Waals surface area (Å²) < 4.78 is 9.43. The number of carbonyl (C=O) groups excluding carboxylic acids is 1. The van der Waals surface area contributed by atoms with Crippen LogP contribution >= 0.6 is 0 Å². The van der Waals surface area contributed by atoms with Gasteiger partial charge in [-0.2, -0.15) is 0 Å². The van der Waals surface area contributed by atoms with E-state index in [1.54, 1.807) is 0 Å². The van der Waals surface area contributed by atoms with Crippen LogP contribution in [0.2, 0.25) is 0 Å². The minimum Gasteiger partial charge on any atom is -0.378 e. The molecular weight excluding hydrogens is 332 g/mol. The van der Waals surface area contributed by atoms with Crippen molar-refractivity contribution >= 4 is 11.9 Å². The third-order valence-electron chi connectivity index (χ3n) is 5.47. The molecule has 0 atom stereocenters. The van der Waals surface area contributed by atoms with E-state index in [1.165, 1.54) is 0 Å². The second-order valence-electron chi connectivity index (χ2n) is 7.09.